The fourth-order valence-electron chi connectivity index (χ4n) is 2.89. The Bertz CT molecular complexity index is 844. The third-order valence-electron chi connectivity index (χ3n) is 4.41. The molecule has 2 N–H and O–H groups in total. The van der Waals surface area contributed by atoms with Crippen molar-refractivity contribution >= 4 is 35.0 Å². The topological polar surface area (TPSA) is 52.6 Å². The Labute approximate surface area is 172 Å². The largest absolute Gasteiger partial charge is 0.396 e. The lowest BCUT2D eigenvalue weighted by molar-refractivity contribution is -0.115. The van der Waals surface area contributed by atoms with Crippen molar-refractivity contribution in [2.45, 2.75) is 33.6 Å². The van der Waals surface area contributed by atoms with Gasteiger partial charge in [0.05, 0.1) is 0 Å². The van der Waals surface area contributed by atoms with Crippen molar-refractivity contribution in [1.82, 2.24) is 5.32 Å². The molecule has 0 radical (unpaired) electrons. The lowest BCUT2D eigenvalue weighted by Gasteiger charge is -2.27. The van der Waals surface area contributed by atoms with Crippen LogP contribution < -0.4 is 10.2 Å². The molecule has 0 bridgehead atoms. The molecular weight excluding hydrogens is 368 g/mol. The number of aryl methyl sites for hydroxylation is 3. The Hall–Kier alpha value is -2.50. The van der Waals surface area contributed by atoms with Crippen LogP contribution in [0, 0.1) is 20.8 Å². The van der Waals surface area contributed by atoms with Crippen LogP contribution in [0.1, 0.15) is 35.1 Å². The van der Waals surface area contributed by atoms with Crippen LogP contribution in [0.4, 0.5) is 5.69 Å². The molecule has 2 aromatic rings. The Morgan fingerprint density at radius 1 is 1.07 bits per heavy atom. The van der Waals surface area contributed by atoms with Gasteiger partial charge in [-0.25, -0.2) is 0 Å². The van der Waals surface area contributed by atoms with E-state index in [0.29, 0.717) is 18.1 Å². The minimum absolute atomic E-state index is 0.138. The zero-order valence-corrected chi connectivity index (χ0v) is 17.6. The molecule has 0 aliphatic rings. The number of benzene rings is 2. The van der Waals surface area contributed by atoms with Gasteiger partial charge in [-0.15, -0.1) is 0 Å². The minimum Gasteiger partial charge on any atom is -0.396 e. The van der Waals surface area contributed by atoms with Crippen LogP contribution >= 0.6 is 12.2 Å². The predicted octanol–water partition coefficient (Wildman–Crippen LogP) is 4.31. The van der Waals surface area contributed by atoms with E-state index in [0.717, 1.165) is 23.2 Å². The van der Waals surface area contributed by atoms with Crippen molar-refractivity contribution < 1.29 is 9.90 Å². The molecule has 0 heterocycles. The zero-order valence-electron chi connectivity index (χ0n) is 16.7. The van der Waals surface area contributed by atoms with Crippen LogP contribution in [0.5, 0.6) is 0 Å². The highest BCUT2D eigenvalue weighted by Gasteiger charge is 2.15. The molecule has 4 nitrogen and oxygen atoms in total. The van der Waals surface area contributed by atoms with Gasteiger partial charge in [0.25, 0.3) is 0 Å². The summed E-state index contributed by atoms with van der Waals surface area (Å²) in [6.07, 6.45) is 4.72. The van der Waals surface area contributed by atoms with Gasteiger partial charge in [-0.2, -0.15) is 0 Å². The highest BCUT2D eigenvalue weighted by molar-refractivity contribution is 7.80. The SMILES string of the molecule is Cc1ccc(/C=C/C(=O)NC(=S)N(CCCCO)c2ccc(C)cc2C)cc1. The number of nitrogens with zero attached hydrogens (tertiary/aromatic N) is 1. The summed E-state index contributed by atoms with van der Waals surface area (Å²) in [6, 6.07) is 14.1. The Morgan fingerprint density at radius 3 is 2.39 bits per heavy atom. The molecule has 28 heavy (non-hydrogen) atoms. The van der Waals surface area contributed by atoms with Crippen LogP contribution in [0.3, 0.4) is 0 Å². The Kier molecular flexibility index (Phi) is 8.36. The quantitative estimate of drug-likeness (QED) is 0.416. The van der Waals surface area contributed by atoms with E-state index in [-0.39, 0.29) is 12.5 Å². The molecule has 1 amide bonds. The summed E-state index contributed by atoms with van der Waals surface area (Å²) in [5.41, 5.74) is 5.37. The van der Waals surface area contributed by atoms with Crippen LogP contribution in [0.2, 0.25) is 0 Å². The molecular formula is C23H28N2O2S. The van der Waals surface area contributed by atoms with Gasteiger partial charge in [0.2, 0.25) is 5.91 Å². The van der Waals surface area contributed by atoms with Crippen molar-refractivity contribution in [2.24, 2.45) is 0 Å². The summed E-state index contributed by atoms with van der Waals surface area (Å²) >= 11 is 5.52. The first kappa shape index (κ1) is 21.8. The number of aliphatic hydroxyl groups is 1. The lowest BCUT2D eigenvalue weighted by atomic mass is 10.1. The van der Waals surface area contributed by atoms with Crippen molar-refractivity contribution in [3.8, 4) is 0 Å². The molecule has 0 atom stereocenters. The number of anilines is 1. The summed E-state index contributed by atoms with van der Waals surface area (Å²) in [4.78, 5) is 14.3. The van der Waals surface area contributed by atoms with Crippen LogP contribution in [-0.2, 0) is 4.79 Å². The van der Waals surface area contributed by atoms with E-state index in [2.05, 4.69) is 11.4 Å². The number of unbranched alkanes of at least 4 members (excludes halogenated alkanes) is 1. The minimum atomic E-state index is -0.262. The fourth-order valence-corrected chi connectivity index (χ4v) is 3.18. The molecule has 0 saturated carbocycles. The number of hydrogen-bond donors (Lipinski definition) is 2. The van der Waals surface area contributed by atoms with Gasteiger partial charge >= 0.3 is 0 Å². The van der Waals surface area contributed by atoms with Gasteiger partial charge in [0.1, 0.15) is 0 Å². The average molecular weight is 397 g/mol. The third kappa shape index (κ3) is 6.59. The van der Waals surface area contributed by atoms with Crippen molar-refractivity contribution in [3.05, 3.63) is 70.8 Å². The number of nitrogens with one attached hydrogen (secondary N) is 1. The monoisotopic (exact) mass is 396 g/mol. The molecule has 0 aromatic heterocycles. The first-order chi connectivity index (χ1) is 13.4. The summed E-state index contributed by atoms with van der Waals surface area (Å²) in [5, 5.41) is 12.3. The molecule has 0 spiro atoms. The predicted molar refractivity (Wildman–Crippen MR) is 121 cm³/mol. The van der Waals surface area contributed by atoms with Crippen LogP contribution in [0.15, 0.2) is 48.5 Å². The number of aliphatic hydroxyl groups excluding tert-OH is 1. The normalized spacial score (nSPS) is 10.9. The van der Waals surface area contributed by atoms with Crippen molar-refractivity contribution in [1.29, 1.82) is 0 Å². The molecule has 0 aliphatic carbocycles. The molecule has 0 saturated heterocycles. The van der Waals surface area contributed by atoms with Gasteiger partial charge in [0.15, 0.2) is 5.11 Å². The number of hydrogen-bond acceptors (Lipinski definition) is 3. The van der Waals surface area contributed by atoms with E-state index in [4.69, 9.17) is 17.3 Å². The number of carbonyl (C=O) groups excluding carboxylic acids is 1. The number of carbonyl (C=O) groups is 1. The number of thiocarbonyl (C=S) groups is 1. The van der Waals surface area contributed by atoms with Crippen molar-refractivity contribution in [2.75, 3.05) is 18.1 Å². The maximum atomic E-state index is 12.3. The van der Waals surface area contributed by atoms with Gasteiger partial charge in [-0.3, -0.25) is 10.1 Å². The molecule has 0 unspecified atom stereocenters. The summed E-state index contributed by atoms with van der Waals surface area (Å²) in [7, 11) is 0. The Morgan fingerprint density at radius 2 is 1.75 bits per heavy atom. The smallest absolute Gasteiger partial charge is 0.250 e. The van der Waals surface area contributed by atoms with E-state index in [1.54, 1.807) is 6.08 Å². The Balaban J connectivity index is 2.10. The summed E-state index contributed by atoms with van der Waals surface area (Å²) < 4.78 is 0. The highest BCUT2D eigenvalue weighted by atomic mass is 32.1. The second-order valence-electron chi connectivity index (χ2n) is 6.91. The van der Waals surface area contributed by atoms with E-state index < -0.39 is 0 Å². The van der Waals surface area contributed by atoms with E-state index >= 15 is 0 Å². The van der Waals surface area contributed by atoms with Gasteiger partial charge in [-0.1, -0.05) is 47.5 Å². The molecule has 148 valence electrons. The maximum absolute atomic E-state index is 12.3. The first-order valence-corrected chi connectivity index (χ1v) is 9.87. The summed E-state index contributed by atoms with van der Waals surface area (Å²) in [5.74, 6) is -0.262. The molecule has 0 aliphatic heterocycles. The summed E-state index contributed by atoms with van der Waals surface area (Å²) in [6.45, 7) is 6.87. The van der Waals surface area contributed by atoms with Gasteiger partial charge in [-0.05, 0) is 69.1 Å². The fraction of sp³-hybridized carbons (Fsp3) is 0.304. The second-order valence-corrected chi connectivity index (χ2v) is 7.30. The van der Waals surface area contributed by atoms with E-state index in [1.807, 2.05) is 62.1 Å². The average Bonchev–Trinajstić information content (AvgIpc) is 2.65. The molecule has 0 fully saturated rings. The highest BCUT2D eigenvalue weighted by Crippen LogP contribution is 2.22. The molecule has 2 rings (SSSR count). The van der Waals surface area contributed by atoms with Gasteiger partial charge < -0.3 is 10.0 Å². The van der Waals surface area contributed by atoms with Crippen LogP contribution in [-0.4, -0.2) is 29.3 Å². The second kappa shape index (κ2) is 10.7. The van der Waals surface area contributed by atoms with E-state index in [9.17, 15) is 4.79 Å². The van der Waals surface area contributed by atoms with Crippen LogP contribution in [0.25, 0.3) is 6.08 Å². The number of rotatable bonds is 7. The molecule has 5 heteroatoms. The first-order valence-electron chi connectivity index (χ1n) is 9.46. The van der Waals surface area contributed by atoms with Crippen molar-refractivity contribution in [3.63, 3.8) is 0 Å². The third-order valence-corrected chi connectivity index (χ3v) is 4.74. The van der Waals surface area contributed by atoms with E-state index in [1.165, 1.54) is 17.2 Å². The zero-order chi connectivity index (χ0) is 20.5. The number of amides is 1. The maximum Gasteiger partial charge on any atom is 0.250 e. The molecule has 2 aromatic carbocycles. The lowest BCUT2D eigenvalue weighted by Crippen LogP contribution is -2.43. The standard InChI is InChI=1S/C23H28N2O2S/c1-17-6-9-20(10-7-17)11-13-22(27)24-23(28)25(14-4-5-15-26)21-12-8-18(2)16-19(21)3/h6-13,16,26H,4-5,14-15H2,1-3H3,(H,24,27,28)/b13-11+. The van der Waals surface area contributed by atoms with Gasteiger partial charge in [0, 0.05) is 24.9 Å².